The molecular formula is C13H16BrN5O. The topological polar surface area (TPSA) is 85.8 Å². The Morgan fingerprint density at radius 3 is 2.65 bits per heavy atom. The molecule has 2 rings (SSSR count). The first-order valence-corrected chi connectivity index (χ1v) is 6.99. The maximum atomic E-state index is 12.1. The zero-order valence-electron chi connectivity index (χ0n) is 11.4. The van der Waals surface area contributed by atoms with E-state index in [-0.39, 0.29) is 11.6 Å². The number of hydrogen-bond donors (Lipinski definition) is 2. The first-order valence-electron chi connectivity index (χ1n) is 6.19. The Balaban J connectivity index is 2.14. The first kappa shape index (κ1) is 14.7. The summed E-state index contributed by atoms with van der Waals surface area (Å²) in [6.07, 6.45) is 1.58. The Labute approximate surface area is 125 Å². The predicted octanol–water partition coefficient (Wildman–Crippen LogP) is 1.87. The van der Waals surface area contributed by atoms with Gasteiger partial charge >= 0.3 is 0 Å². The molecule has 0 spiro atoms. The zero-order valence-corrected chi connectivity index (χ0v) is 12.9. The molecule has 106 valence electrons. The number of rotatable bonds is 4. The molecule has 0 aliphatic carbocycles. The highest BCUT2D eigenvalue weighted by molar-refractivity contribution is 9.10. The lowest BCUT2D eigenvalue weighted by atomic mass is 10.1. The van der Waals surface area contributed by atoms with E-state index < -0.39 is 0 Å². The Hall–Kier alpha value is -1.73. The van der Waals surface area contributed by atoms with Crippen molar-refractivity contribution in [1.82, 2.24) is 15.0 Å². The number of nitrogens with one attached hydrogen (secondary N) is 1. The zero-order chi connectivity index (χ0) is 14.7. The van der Waals surface area contributed by atoms with E-state index in [1.54, 1.807) is 10.9 Å². The standard InChI is InChI=1S/C13H16BrN5O/c1-8-5-10(6-9(2)12(8)14)16-13(20)11-7-19(4-3-15)18-17-11/h5-7H,3-4,15H2,1-2H3,(H,16,20). The van der Waals surface area contributed by atoms with Crippen LogP contribution in [0.3, 0.4) is 0 Å². The van der Waals surface area contributed by atoms with Gasteiger partial charge in [0.05, 0.1) is 12.7 Å². The van der Waals surface area contributed by atoms with E-state index >= 15 is 0 Å². The molecule has 1 heterocycles. The Kier molecular flexibility index (Phi) is 4.51. The molecule has 6 nitrogen and oxygen atoms in total. The second-order valence-electron chi connectivity index (χ2n) is 4.53. The van der Waals surface area contributed by atoms with E-state index in [1.165, 1.54) is 0 Å². The number of benzene rings is 1. The molecule has 1 amide bonds. The van der Waals surface area contributed by atoms with Crippen LogP contribution in [0.2, 0.25) is 0 Å². The number of carbonyl (C=O) groups excluding carboxylic acids is 1. The summed E-state index contributed by atoms with van der Waals surface area (Å²) < 4.78 is 2.59. The Morgan fingerprint density at radius 1 is 1.40 bits per heavy atom. The van der Waals surface area contributed by atoms with Crippen LogP contribution in [-0.4, -0.2) is 27.4 Å². The summed E-state index contributed by atoms with van der Waals surface area (Å²) in [7, 11) is 0. The van der Waals surface area contributed by atoms with Gasteiger partial charge in [0.25, 0.3) is 5.91 Å². The summed E-state index contributed by atoms with van der Waals surface area (Å²) in [5, 5.41) is 10.5. The van der Waals surface area contributed by atoms with Crippen LogP contribution < -0.4 is 11.1 Å². The second kappa shape index (κ2) is 6.15. The van der Waals surface area contributed by atoms with Crippen LogP contribution in [-0.2, 0) is 6.54 Å². The van der Waals surface area contributed by atoms with E-state index in [9.17, 15) is 4.79 Å². The molecule has 0 aliphatic rings. The van der Waals surface area contributed by atoms with Gasteiger partial charge in [-0.25, -0.2) is 0 Å². The average Bonchev–Trinajstić information content (AvgIpc) is 2.85. The number of anilines is 1. The number of nitrogens with zero attached hydrogens (tertiary/aromatic N) is 3. The molecule has 7 heteroatoms. The summed E-state index contributed by atoms with van der Waals surface area (Å²) in [4.78, 5) is 12.1. The molecule has 1 aromatic carbocycles. The quantitative estimate of drug-likeness (QED) is 0.891. The van der Waals surface area contributed by atoms with E-state index in [1.807, 2.05) is 26.0 Å². The number of aryl methyl sites for hydroxylation is 2. The van der Waals surface area contributed by atoms with Crippen molar-refractivity contribution in [1.29, 1.82) is 0 Å². The smallest absolute Gasteiger partial charge is 0.277 e. The summed E-state index contributed by atoms with van der Waals surface area (Å²) in [6.45, 7) is 4.95. The molecule has 0 saturated carbocycles. The highest BCUT2D eigenvalue weighted by Crippen LogP contribution is 2.25. The Bertz CT molecular complexity index is 614. The number of nitrogens with two attached hydrogens (primary N) is 1. The largest absolute Gasteiger partial charge is 0.329 e. The second-order valence-corrected chi connectivity index (χ2v) is 5.33. The van der Waals surface area contributed by atoms with Gasteiger partial charge in [0.15, 0.2) is 5.69 Å². The molecule has 3 N–H and O–H groups in total. The van der Waals surface area contributed by atoms with Crippen molar-refractivity contribution >= 4 is 27.5 Å². The maximum Gasteiger partial charge on any atom is 0.277 e. The van der Waals surface area contributed by atoms with E-state index in [0.717, 1.165) is 21.3 Å². The third kappa shape index (κ3) is 3.23. The van der Waals surface area contributed by atoms with E-state index in [0.29, 0.717) is 13.1 Å². The van der Waals surface area contributed by atoms with Crippen molar-refractivity contribution in [2.24, 2.45) is 5.73 Å². The van der Waals surface area contributed by atoms with Crippen molar-refractivity contribution in [3.63, 3.8) is 0 Å². The summed E-state index contributed by atoms with van der Waals surface area (Å²) in [5.41, 5.74) is 8.56. The number of aromatic nitrogens is 3. The number of carbonyl (C=O) groups is 1. The molecule has 0 atom stereocenters. The summed E-state index contributed by atoms with van der Waals surface area (Å²) >= 11 is 3.49. The molecule has 20 heavy (non-hydrogen) atoms. The molecular weight excluding hydrogens is 322 g/mol. The number of amides is 1. The van der Waals surface area contributed by atoms with Crippen LogP contribution in [0.1, 0.15) is 21.6 Å². The highest BCUT2D eigenvalue weighted by atomic mass is 79.9. The summed E-state index contributed by atoms with van der Waals surface area (Å²) in [6, 6.07) is 3.80. The van der Waals surface area contributed by atoms with Gasteiger partial charge < -0.3 is 11.1 Å². The van der Waals surface area contributed by atoms with Gasteiger partial charge in [-0.1, -0.05) is 21.1 Å². The van der Waals surface area contributed by atoms with Crippen LogP contribution in [0.15, 0.2) is 22.8 Å². The lowest BCUT2D eigenvalue weighted by molar-refractivity contribution is 0.102. The minimum absolute atomic E-state index is 0.275. The van der Waals surface area contributed by atoms with Gasteiger partial charge in [0.1, 0.15) is 0 Å². The van der Waals surface area contributed by atoms with Gasteiger partial charge in [-0.15, -0.1) is 5.10 Å². The van der Waals surface area contributed by atoms with Gasteiger partial charge in [-0.3, -0.25) is 9.48 Å². The van der Waals surface area contributed by atoms with Crippen molar-refractivity contribution in [3.05, 3.63) is 39.6 Å². The molecule has 0 unspecified atom stereocenters. The number of hydrogen-bond acceptors (Lipinski definition) is 4. The fourth-order valence-electron chi connectivity index (χ4n) is 1.86. The average molecular weight is 338 g/mol. The highest BCUT2D eigenvalue weighted by Gasteiger charge is 2.12. The van der Waals surface area contributed by atoms with E-state index in [4.69, 9.17) is 5.73 Å². The van der Waals surface area contributed by atoms with Gasteiger partial charge in [-0.05, 0) is 37.1 Å². The normalized spacial score (nSPS) is 10.6. The molecule has 0 fully saturated rings. The summed E-state index contributed by atoms with van der Waals surface area (Å²) in [5.74, 6) is -0.283. The van der Waals surface area contributed by atoms with Crippen molar-refractivity contribution in [2.45, 2.75) is 20.4 Å². The van der Waals surface area contributed by atoms with Crippen molar-refractivity contribution in [2.75, 3.05) is 11.9 Å². The minimum atomic E-state index is -0.283. The van der Waals surface area contributed by atoms with Gasteiger partial charge in [0, 0.05) is 16.7 Å². The SMILES string of the molecule is Cc1cc(NC(=O)c2cn(CCN)nn2)cc(C)c1Br. The maximum absolute atomic E-state index is 12.1. The van der Waals surface area contributed by atoms with Crippen LogP contribution in [0.25, 0.3) is 0 Å². The first-order chi connectivity index (χ1) is 9.51. The molecule has 0 aliphatic heterocycles. The van der Waals surface area contributed by atoms with Crippen LogP contribution >= 0.6 is 15.9 Å². The Morgan fingerprint density at radius 2 is 2.05 bits per heavy atom. The molecule has 0 saturated heterocycles. The third-order valence-electron chi connectivity index (χ3n) is 2.82. The van der Waals surface area contributed by atoms with E-state index in [2.05, 4.69) is 31.6 Å². The van der Waals surface area contributed by atoms with Crippen molar-refractivity contribution < 1.29 is 4.79 Å². The van der Waals surface area contributed by atoms with Gasteiger partial charge in [-0.2, -0.15) is 0 Å². The van der Waals surface area contributed by atoms with Crippen molar-refractivity contribution in [3.8, 4) is 0 Å². The lowest BCUT2D eigenvalue weighted by Crippen LogP contribution is -2.13. The minimum Gasteiger partial charge on any atom is -0.329 e. The van der Waals surface area contributed by atoms with Gasteiger partial charge in [0.2, 0.25) is 0 Å². The van der Waals surface area contributed by atoms with Crippen LogP contribution in [0, 0.1) is 13.8 Å². The monoisotopic (exact) mass is 337 g/mol. The van der Waals surface area contributed by atoms with Crippen LogP contribution in [0.4, 0.5) is 5.69 Å². The fraction of sp³-hybridized carbons (Fsp3) is 0.308. The third-order valence-corrected chi connectivity index (χ3v) is 4.07. The number of halogens is 1. The van der Waals surface area contributed by atoms with Crippen LogP contribution in [0.5, 0.6) is 0 Å². The predicted molar refractivity (Wildman–Crippen MR) is 80.6 cm³/mol. The fourth-order valence-corrected chi connectivity index (χ4v) is 2.09. The molecule has 0 bridgehead atoms. The molecule has 0 radical (unpaired) electrons. The molecule has 1 aromatic heterocycles. The lowest BCUT2D eigenvalue weighted by Gasteiger charge is -2.08. The molecule has 2 aromatic rings.